The first-order valence-corrected chi connectivity index (χ1v) is 6.59. The summed E-state index contributed by atoms with van der Waals surface area (Å²) in [5.41, 5.74) is 6.51. The molecule has 0 amide bonds. The molecule has 0 saturated carbocycles. The predicted octanol–water partition coefficient (Wildman–Crippen LogP) is 3.12. The molecule has 0 aliphatic rings. The molecule has 0 aliphatic carbocycles. The lowest BCUT2D eigenvalue weighted by Gasteiger charge is -2.30. The van der Waals surface area contributed by atoms with E-state index in [-0.39, 0.29) is 0 Å². The third-order valence-corrected chi connectivity index (χ3v) is 3.39. The van der Waals surface area contributed by atoms with Crippen LogP contribution < -0.4 is 5.73 Å². The van der Waals surface area contributed by atoms with Crippen molar-refractivity contribution in [2.45, 2.75) is 66.5 Å². The average Bonchev–Trinajstić information content (AvgIpc) is 2.09. The van der Waals surface area contributed by atoms with E-state index in [0.717, 1.165) is 19.4 Å². The summed E-state index contributed by atoms with van der Waals surface area (Å²) in [6, 6.07) is 0.976. The minimum atomic E-state index is 0.335. The maximum absolute atomic E-state index is 6.16. The lowest BCUT2D eigenvalue weighted by atomic mass is 9.87. The zero-order chi connectivity index (χ0) is 12.9. The summed E-state index contributed by atoms with van der Waals surface area (Å²) in [4.78, 5) is 2.42. The van der Waals surface area contributed by atoms with E-state index in [1.165, 1.54) is 0 Å². The lowest BCUT2D eigenvalue weighted by molar-refractivity contribution is 0.195. The Balaban J connectivity index is 3.88. The smallest absolute Gasteiger partial charge is 0.00868 e. The van der Waals surface area contributed by atoms with Gasteiger partial charge in [0, 0.05) is 12.1 Å². The minimum Gasteiger partial charge on any atom is -0.328 e. The Morgan fingerprint density at radius 1 is 1.12 bits per heavy atom. The molecule has 0 aliphatic heterocycles. The zero-order valence-electron chi connectivity index (χ0n) is 12.4. The molecule has 0 spiro atoms. The van der Waals surface area contributed by atoms with Gasteiger partial charge in [0.25, 0.3) is 0 Å². The molecule has 2 N–H and O–H groups in total. The van der Waals surface area contributed by atoms with Gasteiger partial charge in [0.15, 0.2) is 0 Å². The highest BCUT2D eigenvalue weighted by Crippen LogP contribution is 2.21. The number of hydrogen-bond acceptors (Lipinski definition) is 2. The van der Waals surface area contributed by atoms with Crippen molar-refractivity contribution in [1.29, 1.82) is 0 Å². The fraction of sp³-hybridized carbons (Fsp3) is 1.00. The summed E-state index contributed by atoms with van der Waals surface area (Å²) in [6.45, 7) is 14.7. The Kier molecular flexibility index (Phi) is 6.57. The number of nitrogens with zero attached hydrogens (tertiary/aromatic N) is 1. The first-order valence-electron chi connectivity index (χ1n) is 6.59. The van der Waals surface area contributed by atoms with Crippen LogP contribution in [0.15, 0.2) is 0 Å². The van der Waals surface area contributed by atoms with Crippen LogP contribution in [0.5, 0.6) is 0 Å². The van der Waals surface area contributed by atoms with Crippen LogP contribution in [0.4, 0.5) is 0 Å². The first kappa shape index (κ1) is 15.9. The Morgan fingerprint density at radius 3 is 2.00 bits per heavy atom. The van der Waals surface area contributed by atoms with Gasteiger partial charge in [-0.25, -0.2) is 0 Å². The largest absolute Gasteiger partial charge is 0.328 e. The quantitative estimate of drug-likeness (QED) is 0.757. The van der Waals surface area contributed by atoms with Gasteiger partial charge >= 0.3 is 0 Å². The molecule has 0 aromatic carbocycles. The van der Waals surface area contributed by atoms with Crippen LogP contribution in [0.1, 0.15) is 54.4 Å². The van der Waals surface area contributed by atoms with E-state index in [1.807, 2.05) is 0 Å². The van der Waals surface area contributed by atoms with E-state index in [1.54, 1.807) is 0 Å². The van der Waals surface area contributed by atoms with Crippen molar-refractivity contribution in [2.75, 3.05) is 13.6 Å². The monoisotopic (exact) mass is 228 g/mol. The van der Waals surface area contributed by atoms with Crippen molar-refractivity contribution in [3.05, 3.63) is 0 Å². The first-order chi connectivity index (χ1) is 7.13. The van der Waals surface area contributed by atoms with Gasteiger partial charge in [0.1, 0.15) is 0 Å². The second-order valence-corrected chi connectivity index (χ2v) is 6.78. The molecule has 0 aromatic rings. The standard InChI is InChI=1S/C14H32N2/c1-11(2)12(3)16(7)9-8-13(15)10-14(4,5)6/h11-13H,8-10,15H2,1-7H3. The van der Waals surface area contributed by atoms with E-state index < -0.39 is 0 Å². The van der Waals surface area contributed by atoms with Crippen molar-refractivity contribution in [1.82, 2.24) is 4.90 Å². The molecule has 16 heavy (non-hydrogen) atoms. The Bertz CT molecular complexity index is 182. The third-order valence-electron chi connectivity index (χ3n) is 3.39. The summed E-state index contributed by atoms with van der Waals surface area (Å²) in [7, 11) is 2.20. The SMILES string of the molecule is CC(C)C(C)N(C)CCC(N)CC(C)(C)C. The molecule has 2 unspecified atom stereocenters. The van der Waals surface area contributed by atoms with Crippen LogP contribution in [-0.2, 0) is 0 Å². The number of nitrogens with two attached hydrogens (primary N) is 1. The average molecular weight is 228 g/mol. The van der Waals surface area contributed by atoms with Crippen molar-refractivity contribution in [3.8, 4) is 0 Å². The molecule has 0 radical (unpaired) electrons. The predicted molar refractivity (Wildman–Crippen MR) is 73.6 cm³/mol. The van der Waals surface area contributed by atoms with Crippen LogP contribution in [0, 0.1) is 11.3 Å². The van der Waals surface area contributed by atoms with Crippen molar-refractivity contribution in [2.24, 2.45) is 17.1 Å². The lowest BCUT2D eigenvalue weighted by Crippen LogP contribution is -2.37. The second kappa shape index (κ2) is 6.61. The molecule has 2 nitrogen and oxygen atoms in total. The Labute approximate surface area is 103 Å². The number of hydrogen-bond donors (Lipinski definition) is 1. The molecule has 2 atom stereocenters. The maximum atomic E-state index is 6.16. The fourth-order valence-electron chi connectivity index (χ4n) is 1.97. The summed E-state index contributed by atoms with van der Waals surface area (Å²) in [5, 5.41) is 0. The molecule has 0 bridgehead atoms. The van der Waals surface area contributed by atoms with Crippen molar-refractivity contribution < 1.29 is 0 Å². The topological polar surface area (TPSA) is 29.3 Å². The normalized spacial score (nSPS) is 16.9. The van der Waals surface area contributed by atoms with Crippen LogP contribution in [0.3, 0.4) is 0 Å². The van der Waals surface area contributed by atoms with Crippen LogP contribution in [0.25, 0.3) is 0 Å². The molecule has 0 heterocycles. The highest BCUT2D eigenvalue weighted by atomic mass is 15.1. The van der Waals surface area contributed by atoms with Crippen molar-refractivity contribution in [3.63, 3.8) is 0 Å². The highest BCUT2D eigenvalue weighted by Gasteiger charge is 2.17. The highest BCUT2D eigenvalue weighted by molar-refractivity contribution is 4.74. The van der Waals surface area contributed by atoms with Gasteiger partial charge in [-0.15, -0.1) is 0 Å². The molecule has 0 saturated heterocycles. The van der Waals surface area contributed by atoms with Gasteiger partial charge < -0.3 is 10.6 Å². The summed E-state index contributed by atoms with van der Waals surface area (Å²) in [5.74, 6) is 0.712. The van der Waals surface area contributed by atoms with E-state index >= 15 is 0 Å². The van der Waals surface area contributed by atoms with Gasteiger partial charge in [-0.3, -0.25) is 0 Å². The zero-order valence-corrected chi connectivity index (χ0v) is 12.4. The van der Waals surface area contributed by atoms with Gasteiger partial charge in [0.05, 0.1) is 0 Å². The minimum absolute atomic E-state index is 0.335. The van der Waals surface area contributed by atoms with Gasteiger partial charge in [-0.2, -0.15) is 0 Å². The molecular weight excluding hydrogens is 196 g/mol. The van der Waals surface area contributed by atoms with Crippen molar-refractivity contribution >= 4 is 0 Å². The fourth-order valence-corrected chi connectivity index (χ4v) is 1.97. The van der Waals surface area contributed by atoms with Gasteiger partial charge in [-0.1, -0.05) is 34.6 Å². The molecular formula is C14H32N2. The van der Waals surface area contributed by atoms with Crippen LogP contribution in [0.2, 0.25) is 0 Å². The molecule has 2 heteroatoms. The van der Waals surface area contributed by atoms with Crippen LogP contribution in [-0.4, -0.2) is 30.6 Å². The number of rotatable bonds is 6. The van der Waals surface area contributed by atoms with E-state index in [2.05, 4.69) is 53.5 Å². The van der Waals surface area contributed by atoms with E-state index in [9.17, 15) is 0 Å². The summed E-state index contributed by atoms with van der Waals surface area (Å²) >= 11 is 0. The van der Waals surface area contributed by atoms with Gasteiger partial charge in [-0.05, 0) is 44.7 Å². The van der Waals surface area contributed by atoms with Gasteiger partial charge in [0.2, 0.25) is 0 Å². The molecule has 98 valence electrons. The molecule has 0 fully saturated rings. The second-order valence-electron chi connectivity index (χ2n) is 6.78. The van der Waals surface area contributed by atoms with Crippen LogP contribution >= 0.6 is 0 Å². The Hall–Kier alpha value is -0.0800. The Morgan fingerprint density at radius 2 is 1.62 bits per heavy atom. The summed E-state index contributed by atoms with van der Waals surface area (Å²) < 4.78 is 0. The summed E-state index contributed by atoms with van der Waals surface area (Å²) in [6.07, 6.45) is 2.21. The van der Waals surface area contributed by atoms with E-state index in [0.29, 0.717) is 23.4 Å². The maximum Gasteiger partial charge on any atom is 0.00868 e. The third kappa shape index (κ3) is 7.24. The van der Waals surface area contributed by atoms with E-state index in [4.69, 9.17) is 5.73 Å². The molecule has 0 aromatic heterocycles. The molecule has 0 rings (SSSR count).